The molecule has 1 amide bonds. The summed E-state index contributed by atoms with van der Waals surface area (Å²) in [6.45, 7) is 1.41. The Morgan fingerprint density at radius 3 is 2.50 bits per heavy atom. The van der Waals surface area contributed by atoms with Crippen molar-refractivity contribution in [3.8, 4) is 0 Å². The molecule has 0 unspecified atom stereocenters. The molecule has 3 heteroatoms. The molecule has 1 aliphatic carbocycles. The lowest BCUT2D eigenvalue weighted by atomic mass is 9.84. The lowest BCUT2D eigenvalue weighted by Gasteiger charge is -2.36. The molecule has 2 aromatic rings. The topological polar surface area (TPSA) is 40.5 Å². The molecule has 0 aromatic heterocycles. The molecule has 0 bridgehead atoms. The number of amides is 1. The normalized spacial score (nSPS) is 26.2. The highest BCUT2D eigenvalue weighted by atomic mass is 16.3. The van der Waals surface area contributed by atoms with E-state index in [1.807, 2.05) is 17.0 Å². The summed E-state index contributed by atoms with van der Waals surface area (Å²) in [6, 6.07) is 18.9. The van der Waals surface area contributed by atoms with E-state index < -0.39 is 0 Å². The van der Waals surface area contributed by atoms with Crippen LogP contribution in [0.2, 0.25) is 0 Å². The highest BCUT2D eigenvalue weighted by Crippen LogP contribution is 2.35. The summed E-state index contributed by atoms with van der Waals surface area (Å²) in [5.74, 6) is 0.426. The van der Waals surface area contributed by atoms with E-state index in [0.717, 1.165) is 19.4 Å². The van der Waals surface area contributed by atoms with Gasteiger partial charge in [0.05, 0.1) is 6.10 Å². The van der Waals surface area contributed by atoms with Crippen molar-refractivity contribution in [1.29, 1.82) is 0 Å². The molecule has 4 rings (SSSR count). The number of rotatable bonds is 2. The summed E-state index contributed by atoms with van der Waals surface area (Å²) in [5.41, 5.74) is 3.83. The van der Waals surface area contributed by atoms with Crippen LogP contribution in [0, 0.1) is 5.92 Å². The lowest BCUT2D eigenvalue weighted by molar-refractivity contribution is -0.136. The quantitative estimate of drug-likeness (QED) is 0.922. The Hall–Kier alpha value is -2.13. The third-order valence-corrected chi connectivity index (χ3v) is 5.46. The van der Waals surface area contributed by atoms with Crippen molar-refractivity contribution >= 4 is 5.91 Å². The minimum atomic E-state index is -0.305. The maximum atomic E-state index is 12.9. The minimum Gasteiger partial charge on any atom is -0.393 e. The molecule has 1 saturated carbocycles. The lowest BCUT2D eigenvalue weighted by Crippen LogP contribution is -2.41. The summed E-state index contributed by atoms with van der Waals surface area (Å²) in [4.78, 5) is 15.0. The van der Waals surface area contributed by atoms with Gasteiger partial charge in [0.2, 0.25) is 5.91 Å². The zero-order valence-electron chi connectivity index (χ0n) is 13.8. The standard InChI is InChI=1S/C21H23NO2/c23-18-11-10-16(12-18)21(24)22-13-17-8-4-5-9-19(17)20(14-22)15-6-2-1-3-7-15/h1-9,16,18,20,23H,10-14H2/t16-,18-,20+/m1/s1. The number of hydrogen-bond donors (Lipinski definition) is 1. The van der Waals surface area contributed by atoms with Crippen LogP contribution in [0.1, 0.15) is 41.9 Å². The fourth-order valence-corrected chi connectivity index (χ4v) is 4.19. The molecule has 3 atom stereocenters. The number of aliphatic hydroxyl groups is 1. The number of aliphatic hydroxyl groups excluding tert-OH is 1. The van der Waals surface area contributed by atoms with Crippen LogP contribution in [0.3, 0.4) is 0 Å². The van der Waals surface area contributed by atoms with Gasteiger partial charge in [-0.3, -0.25) is 4.79 Å². The molecule has 2 aliphatic rings. The Labute approximate surface area is 142 Å². The first-order valence-electron chi connectivity index (χ1n) is 8.82. The van der Waals surface area contributed by atoms with Gasteiger partial charge in [0.15, 0.2) is 0 Å². The molecule has 1 heterocycles. The van der Waals surface area contributed by atoms with E-state index >= 15 is 0 Å². The van der Waals surface area contributed by atoms with Crippen molar-refractivity contribution in [2.75, 3.05) is 6.54 Å². The van der Waals surface area contributed by atoms with Crippen molar-refractivity contribution in [3.05, 3.63) is 71.3 Å². The third-order valence-electron chi connectivity index (χ3n) is 5.46. The Bertz CT molecular complexity index is 728. The predicted molar refractivity (Wildman–Crippen MR) is 93.5 cm³/mol. The molecular weight excluding hydrogens is 298 g/mol. The van der Waals surface area contributed by atoms with E-state index in [1.165, 1.54) is 16.7 Å². The third kappa shape index (κ3) is 2.84. The second kappa shape index (κ2) is 6.40. The van der Waals surface area contributed by atoms with E-state index in [-0.39, 0.29) is 23.8 Å². The van der Waals surface area contributed by atoms with Gasteiger partial charge >= 0.3 is 0 Å². The van der Waals surface area contributed by atoms with E-state index in [1.54, 1.807) is 0 Å². The van der Waals surface area contributed by atoms with E-state index in [2.05, 4.69) is 42.5 Å². The van der Waals surface area contributed by atoms with Crippen molar-refractivity contribution in [1.82, 2.24) is 4.90 Å². The number of carbonyl (C=O) groups is 1. The van der Waals surface area contributed by atoms with Crippen molar-refractivity contribution in [2.24, 2.45) is 5.92 Å². The summed E-state index contributed by atoms with van der Waals surface area (Å²) in [5, 5.41) is 9.76. The Kier molecular flexibility index (Phi) is 4.11. The van der Waals surface area contributed by atoms with Crippen LogP contribution in [0.15, 0.2) is 54.6 Å². The molecule has 1 N–H and O–H groups in total. The molecule has 1 aliphatic heterocycles. The fourth-order valence-electron chi connectivity index (χ4n) is 4.19. The van der Waals surface area contributed by atoms with Crippen molar-refractivity contribution in [2.45, 2.75) is 37.8 Å². The fraction of sp³-hybridized carbons (Fsp3) is 0.381. The molecule has 0 saturated heterocycles. The molecule has 24 heavy (non-hydrogen) atoms. The maximum Gasteiger partial charge on any atom is 0.226 e. The monoisotopic (exact) mass is 321 g/mol. The highest BCUT2D eigenvalue weighted by molar-refractivity contribution is 5.79. The number of benzene rings is 2. The highest BCUT2D eigenvalue weighted by Gasteiger charge is 2.35. The first kappa shape index (κ1) is 15.4. The van der Waals surface area contributed by atoms with Gasteiger partial charge in [0, 0.05) is 24.9 Å². The minimum absolute atomic E-state index is 0.0123. The van der Waals surface area contributed by atoms with Gasteiger partial charge < -0.3 is 10.0 Å². The van der Waals surface area contributed by atoms with Gasteiger partial charge in [-0.05, 0) is 36.0 Å². The van der Waals surface area contributed by atoms with Gasteiger partial charge in [-0.2, -0.15) is 0 Å². The van der Waals surface area contributed by atoms with Gasteiger partial charge in [0.1, 0.15) is 0 Å². The molecule has 1 fully saturated rings. The van der Waals surface area contributed by atoms with Crippen LogP contribution in [-0.2, 0) is 11.3 Å². The van der Waals surface area contributed by atoms with Crippen LogP contribution < -0.4 is 0 Å². The molecular formula is C21H23NO2. The van der Waals surface area contributed by atoms with Crippen LogP contribution in [0.4, 0.5) is 0 Å². The Morgan fingerprint density at radius 2 is 1.75 bits per heavy atom. The SMILES string of the molecule is O=C([C@@H]1CC[C@@H](O)C1)N1Cc2ccccc2[C@H](c2ccccc2)C1. The average Bonchev–Trinajstić information content (AvgIpc) is 3.07. The predicted octanol–water partition coefficient (Wildman–Crippen LogP) is 3.32. The van der Waals surface area contributed by atoms with Crippen molar-refractivity contribution < 1.29 is 9.90 Å². The number of carbonyl (C=O) groups excluding carboxylic acids is 1. The molecule has 3 nitrogen and oxygen atoms in total. The molecule has 0 spiro atoms. The summed E-state index contributed by atoms with van der Waals surface area (Å²) in [7, 11) is 0. The van der Waals surface area contributed by atoms with Crippen LogP contribution in [0.5, 0.6) is 0 Å². The van der Waals surface area contributed by atoms with Crippen LogP contribution >= 0.6 is 0 Å². The second-order valence-corrected chi connectivity index (χ2v) is 7.04. The Morgan fingerprint density at radius 1 is 1.00 bits per heavy atom. The zero-order chi connectivity index (χ0) is 16.5. The van der Waals surface area contributed by atoms with Gasteiger partial charge in [-0.1, -0.05) is 54.6 Å². The van der Waals surface area contributed by atoms with Crippen LogP contribution in [-0.4, -0.2) is 28.6 Å². The summed E-state index contributed by atoms with van der Waals surface area (Å²) < 4.78 is 0. The smallest absolute Gasteiger partial charge is 0.226 e. The maximum absolute atomic E-state index is 12.9. The number of hydrogen-bond acceptors (Lipinski definition) is 2. The zero-order valence-corrected chi connectivity index (χ0v) is 13.8. The average molecular weight is 321 g/mol. The molecule has 124 valence electrons. The van der Waals surface area contributed by atoms with E-state index in [0.29, 0.717) is 13.0 Å². The van der Waals surface area contributed by atoms with Crippen LogP contribution in [0.25, 0.3) is 0 Å². The van der Waals surface area contributed by atoms with E-state index in [4.69, 9.17) is 0 Å². The first-order valence-corrected chi connectivity index (χ1v) is 8.82. The molecule has 0 radical (unpaired) electrons. The summed E-state index contributed by atoms with van der Waals surface area (Å²) >= 11 is 0. The van der Waals surface area contributed by atoms with Gasteiger partial charge in [-0.25, -0.2) is 0 Å². The molecule has 2 aromatic carbocycles. The number of nitrogens with zero attached hydrogens (tertiary/aromatic N) is 1. The largest absolute Gasteiger partial charge is 0.393 e. The van der Waals surface area contributed by atoms with E-state index in [9.17, 15) is 9.90 Å². The van der Waals surface area contributed by atoms with Gasteiger partial charge in [-0.15, -0.1) is 0 Å². The number of fused-ring (bicyclic) bond motifs is 1. The second-order valence-electron chi connectivity index (χ2n) is 7.04. The first-order chi connectivity index (χ1) is 11.7. The van der Waals surface area contributed by atoms with Gasteiger partial charge in [0.25, 0.3) is 0 Å². The van der Waals surface area contributed by atoms with Crippen molar-refractivity contribution in [3.63, 3.8) is 0 Å². The Balaban J connectivity index is 1.64. The summed E-state index contributed by atoms with van der Waals surface area (Å²) in [6.07, 6.45) is 1.88.